The van der Waals surface area contributed by atoms with Gasteiger partial charge in [-0.1, -0.05) is 5.57 Å². The minimum absolute atomic E-state index is 0.139. The van der Waals surface area contributed by atoms with Crippen molar-refractivity contribution >= 4 is 11.8 Å². The van der Waals surface area contributed by atoms with Crippen molar-refractivity contribution in [1.29, 1.82) is 0 Å². The molecule has 0 amide bonds. The number of esters is 1. The number of ether oxygens (including phenoxy) is 1. The molecular formula is C12H18O3. The summed E-state index contributed by atoms with van der Waals surface area (Å²) in [6.07, 6.45) is 6.50. The van der Waals surface area contributed by atoms with Gasteiger partial charge in [-0.3, -0.25) is 9.59 Å². The summed E-state index contributed by atoms with van der Waals surface area (Å²) in [7, 11) is 0. The number of allylic oxidation sites excluding steroid dienone is 2. The van der Waals surface area contributed by atoms with Crippen molar-refractivity contribution in [3.05, 3.63) is 11.6 Å². The molecule has 1 aliphatic rings. The predicted octanol–water partition coefficient (Wildman–Crippen LogP) is 2.40. The Bertz CT molecular complexity index is 266. The highest BCUT2D eigenvalue weighted by Gasteiger charge is 2.10. The summed E-state index contributed by atoms with van der Waals surface area (Å²) in [4.78, 5) is 22.1. The monoisotopic (exact) mass is 210 g/mol. The average Bonchev–Trinajstić information content (AvgIpc) is 2.18. The van der Waals surface area contributed by atoms with Gasteiger partial charge < -0.3 is 4.74 Å². The van der Waals surface area contributed by atoms with Crippen molar-refractivity contribution in [3.8, 4) is 0 Å². The predicted molar refractivity (Wildman–Crippen MR) is 57.4 cm³/mol. The molecule has 0 saturated carbocycles. The van der Waals surface area contributed by atoms with Gasteiger partial charge in [0.15, 0.2) is 5.78 Å². The van der Waals surface area contributed by atoms with E-state index in [-0.39, 0.29) is 11.8 Å². The lowest BCUT2D eigenvalue weighted by molar-refractivity contribution is -0.143. The van der Waals surface area contributed by atoms with Crippen molar-refractivity contribution in [1.82, 2.24) is 0 Å². The van der Waals surface area contributed by atoms with Crippen molar-refractivity contribution in [2.75, 3.05) is 6.61 Å². The first-order chi connectivity index (χ1) is 7.22. The van der Waals surface area contributed by atoms with Gasteiger partial charge in [0, 0.05) is 12.8 Å². The molecule has 0 aromatic carbocycles. The van der Waals surface area contributed by atoms with E-state index >= 15 is 0 Å². The Kier molecular flexibility index (Phi) is 5.08. The first kappa shape index (κ1) is 12.0. The fourth-order valence-corrected chi connectivity index (χ4v) is 1.75. The molecule has 0 aromatic heterocycles. The van der Waals surface area contributed by atoms with Gasteiger partial charge in [0.25, 0.3) is 0 Å². The summed E-state index contributed by atoms with van der Waals surface area (Å²) in [5.41, 5.74) is 1.19. The highest BCUT2D eigenvalue weighted by Crippen LogP contribution is 2.20. The summed E-state index contributed by atoms with van der Waals surface area (Å²) in [5, 5.41) is 0. The fourth-order valence-electron chi connectivity index (χ4n) is 1.75. The number of hydrogen-bond acceptors (Lipinski definition) is 3. The zero-order valence-electron chi connectivity index (χ0n) is 9.25. The zero-order valence-corrected chi connectivity index (χ0v) is 9.25. The maximum Gasteiger partial charge on any atom is 0.305 e. The largest absolute Gasteiger partial charge is 0.466 e. The number of ketones is 1. The Hall–Kier alpha value is -1.12. The highest BCUT2D eigenvalue weighted by atomic mass is 16.5. The van der Waals surface area contributed by atoms with Gasteiger partial charge >= 0.3 is 5.97 Å². The third kappa shape index (κ3) is 4.77. The van der Waals surface area contributed by atoms with Crippen molar-refractivity contribution < 1.29 is 14.3 Å². The van der Waals surface area contributed by atoms with Gasteiger partial charge in [-0.2, -0.15) is 0 Å². The molecule has 84 valence electrons. The van der Waals surface area contributed by atoms with Gasteiger partial charge in [0.2, 0.25) is 0 Å². The van der Waals surface area contributed by atoms with Crippen LogP contribution in [-0.4, -0.2) is 18.4 Å². The average molecular weight is 210 g/mol. The Labute approximate surface area is 90.5 Å². The molecule has 1 rings (SSSR count). The minimum Gasteiger partial charge on any atom is -0.466 e. The standard InChI is InChI=1S/C12H18O3/c1-2-15-12(14)8-4-6-10-5-3-7-11(13)9-10/h9H,2-8H2,1H3. The molecule has 0 bridgehead atoms. The van der Waals surface area contributed by atoms with Crippen LogP contribution in [0, 0.1) is 0 Å². The van der Waals surface area contributed by atoms with Crippen LogP contribution < -0.4 is 0 Å². The Morgan fingerprint density at radius 1 is 1.47 bits per heavy atom. The Morgan fingerprint density at radius 2 is 2.27 bits per heavy atom. The van der Waals surface area contributed by atoms with Crippen molar-refractivity contribution in [3.63, 3.8) is 0 Å². The number of rotatable bonds is 5. The number of carbonyl (C=O) groups excluding carboxylic acids is 2. The van der Waals surface area contributed by atoms with Gasteiger partial charge in [0.1, 0.15) is 0 Å². The maximum absolute atomic E-state index is 11.1. The molecule has 0 spiro atoms. The van der Waals surface area contributed by atoms with E-state index in [0.717, 1.165) is 25.7 Å². The first-order valence-electron chi connectivity index (χ1n) is 5.60. The molecular weight excluding hydrogens is 192 g/mol. The van der Waals surface area contributed by atoms with E-state index in [2.05, 4.69) is 0 Å². The fraction of sp³-hybridized carbons (Fsp3) is 0.667. The summed E-state index contributed by atoms with van der Waals surface area (Å²) in [6, 6.07) is 0. The molecule has 0 aliphatic heterocycles. The minimum atomic E-state index is -0.139. The van der Waals surface area contributed by atoms with Gasteiger partial charge in [-0.25, -0.2) is 0 Å². The molecule has 0 aromatic rings. The molecule has 0 atom stereocenters. The molecule has 0 unspecified atom stereocenters. The van der Waals surface area contributed by atoms with Crippen molar-refractivity contribution in [2.24, 2.45) is 0 Å². The van der Waals surface area contributed by atoms with E-state index < -0.39 is 0 Å². The molecule has 0 saturated heterocycles. The lowest BCUT2D eigenvalue weighted by Crippen LogP contribution is -2.05. The number of hydrogen-bond donors (Lipinski definition) is 0. The Morgan fingerprint density at radius 3 is 2.93 bits per heavy atom. The first-order valence-corrected chi connectivity index (χ1v) is 5.60. The van der Waals surface area contributed by atoms with Crippen LogP contribution >= 0.6 is 0 Å². The quantitative estimate of drug-likeness (QED) is 0.654. The third-order valence-corrected chi connectivity index (χ3v) is 2.47. The van der Waals surface area contributed by atoms with Crippen LogP contribution in [0.2, 0.25) is 0 Å². The van der Waals surface area contributed by atoms with E-state index in [1.165, 1.54) is 5.57 Å². The lowest BCUT2D eigenvalue weighted by Gasteiger charge is -2.11. The second-order valence-electron chi connectivity index (χ2n) is 3.78. The summed E-state index contributed by atoms with van der Waals surface area (Å²) in [6.45, 7) is 2.25. The van der Waals surface area contributed by atoms with Crippen LogP contribution in [0.4, 0.5) is 0 Å². The molecule has 0 heterocycles. The van der Waals surface area contributed by atoms with Crippen LogP contribution in [0.1, 0.15) is 45.4 Å². The molecule has 15 heavy (non-hydrogen) atoms. The second kappa shape index (κ2) is 6.38. The van der Waals surface area contributed by atoms with Crippen LogP contribution in [0.25, 0.3) is 0 Å². The van der Waals surface area contributed by atoms with Crippen LogP contribution in [0.5, 0.6) is 0 Å². The SMILES string of the molecule is CCOC(=O)CCCC1=CC(=O)CCC1. The van der Waals surface area contributed by atoms with Gasteiger partial charge in [0.05, 0.1) is 6.61 Å². The molecule has 1 aliphatic carbocycles. The van der Waals surface area contributed by atoms with Gasteiger partial charge in [-0.05, 0) is 38.7 Å². The van der Waals surface area contributed by atoms with E-state index in [1.807, 2.05) is 0 Å². The summed E-state index contributed by atoms with van der Waals surface area (Å²) >= 11 is 0. The Balaban J connectivity index is 2.19. The van der Waals surface area contributed by atoms with E-state index in [4.69, 9.17) is 4.74 Å². The number of carbonyl (C=O) groups is 2. The topological polar surface area (TPSA) is 43.4 Å². The lowest BCUT2D eigenvalue weighted by atomic mass is 9.95. The van der Waals surface area contributed by atoms with Crippen LogP contribution in [0.15, 0.2) is 11.6 Å². The second-order valence-corrected chi connectivity index (χ2v) is 3.78. The van der Waals surface area contributed by atoms with Gasteiger partial charge in [-0.15, -0.1) is 0 Å². The summed E-state index contributed by atoms with van der Waals surface area (Å²) in [5.74, 6) is 0.0904. The summed E-state index contributed by atoms with van der Waals surface area (Å²) < 4.78 is 4.83. The maximum atomic E-state index is 11.1. The third-order valence-electron chi connectivity index (χ3n) is 2.47. The molecule has 3 heteroatoms. The molecule has 0 fully saturated rings. The molecule has 0 N–H and O–H groups in total. The zero-order chi connectivity index (χ0) is 11.1. The molecule has 0 radical (unpaired) electrons. The smallest absolute Gasteiger partial charge is 0.305 e. The van der Waals surface area contributed by atoms with Crippen LogP contribution in [0.3, 0.4) is 0 Å². The highest BCUT2D eigenvalue weighted by molar-refractivity contribution is 5.91. The van der Waals surface area contributed by atoms with E-state index in [0.29, 0.717) is 19.4 Å². The van der Waals surface area contributed by atoms with Crippen LogP contribution in [-0.2, 0) is 14.3 Å². The van der Waals surface area contributed by atoms with E-state index in [1.54, 1.807) is 13.0 Å². The van der Waals surface area contributed by atoms with Crippen molar-refractivity contribution in [2.45, 2.75) is 45.4 Å². The molecule has 3 nitrogen and oxygen atoms in total. The van der Waals surface area contributed by atoms with E-state index in [9.17, 15) is 9.59 Å². The normalized spacial score (nSPS) is 16.1.